The molecule has 1 amide bonds. The molecule has 0 bridgehead atoms. The number of nitro groups is 1. The monoisotopic (exact) mass is 314 g/mol. The summed E-state index contributed by atoms with van der Waals surface area (Å²) in [5, 5.41) is 20.1. The third-order valence-electron chi connectivity index (χ3n) is 3.08. The van der Waals surface area contributed by atoms with E-state index >= 15 is 0 Å². The molecule has 0 aliphatic heterocycles. The Balaban J connectivity index is 3.28. The summed E-state index contributed by atoms with van der Waals surface area (Å²) in [6, 6.07) is 3.25. The van der Waals surface area contributed by atoms with Gasteiger partial charge in [0.25, 0.3) is 11.6 Å². The predicted molar refractivity (Wildman–Crippen MR) is 76.5 cm³/mol. The van der Waals surface area contributed by atoms with Crippen LogP contribution in [0.4, 0.5) is 5.69 Å². The zero-order chi connectivity index (χ0) is 16.2. The molecule has 114 valence electrons. The van der Waals surface area contributed by atoms with E-state index in [0.29, 0.717) is 6.42 Å². The van der Waals surface area contributed by atoms with Gasteiger partial charge in [-0.05, 0) is 25.5 Å². The lowest BCUT2D eigenvalue weighted by atomic mass is 10.1. The Morgan fingerprint density at radius 3 is 2.57 bits per heavy atom. The van der Waals surface area contributed by atoms with Crippen molar-refractivity contribution in [3.63, 3.8) is 0 Å². The summed E-state index contributed by atoms with van der Waals surface area (Å²) in [7, 11) is 0. The highest BCUT2D eigenvalue weighted by molar-refractivity contribution is 6.31. The second kappa shape index (κ2) is 7.03. The number of carbonyl (C=O) groups is 2. The van der Waals surface area contributed by atoms with Crippen LogP contribution in [0.5, 0.6) is 0 Å². The van der Waals surface area contributed by atoms with Gasteiger partial charge in [0.2, 0.25) is 0 Å². The Bertz CT molecular complexity index is 576. The van der Waals surface area contributed by atoms with Gasteiger partial charge in [0.05, 0.1) is 4.92 Å². The summed E-state index contributed by atoms with van der Waals surface area (Å²) in [6.07, 6.45) is 0.521. The Kier molecular flexibility index (Phi) is 5.66. The molecule has 0 aromatic heterocycles. The van der Waals surface area contributed by atoms with Gasteiger partial charge in [-0.1, -0.05) is 18.5 Å². The van der Waals surface area contributed by atoms with Crippen molar-refractivity contribution in [3.8, 4) is 0 Å². The van der Waals surface area contributed by atoms with Gasteiger partial charge >= 0.3 is 5.97 Å². The largest absolute Gasteiger partial charge is 0.480 e. The summed E-state index contributed by atoms with van der Waals surface area (Å²) in [4.78, 5) is 34.7. The molecule has 7 nitrogen and oxygen atoms in total. The van der Waals surface area contributed by atoms with Crippen LogP contribution in [-0.4, -0.2) is 39.4 Å². The van der Waals surface area contributed by atoms with Crippen molar-refractivity contribution >= 4 is 29.2 Å². The fraction of sp³-hybridized carbons (Fsp3) is 0.385. The SMILES string of the molecule is CCC(C)N(CC(=O)O)C(=O)c1cc(Cl)ccc1[N+](=O)[O-]. The summed E-state index contributed by atoms with van der Waals surface area (Å²) in [5.74, 6) is -1.91. The van der Waals surface area contributed by atoms with Crippen LogP contribution in [-0.2, 0) is 4.79 Å². The first-order chi connectivity index (χ1) is 9.77. The first kappa shape index (κ1) is 16.9. The van der Waals surface area contributed by atoms with Crippen LogP contribution in [0.2, 0.25) is 5.02 Å². The van der Waals surface area contributed by atoms with Gasteiger partial charge in [-0.25, -0.2) is 0 Å². The van der Waals surface area contributed by atoms with E-state index in [0.717, 1.165) is 11.0 Å². The van der Waals surface area contributed by atoms with E-state index < -0.39 is 29.0 Å². The summed E-state index contributed by atoms with van der Waals surface area (Å²) >= 11 is 5.78. The predicted octanol–water partition coefficient (Wildman–Crippen LogP) is 2.57. The van der Waals surface area contributed by atoms with Gasteiger partial charge in [-0.2, -0.15) is 0 Å². The van der Waals surface area contributed by atoms with Gasteiger partial charge in [0, 0.05) is 17.1 Å². The second-order valence-corrected chi connectivity index (χ2v) is 4.94. The molecule has 0 spiro atoms. The molecule has 0 fully saturated rings. The number of hydrogen-bond donors (Lipinski definition) is 1. The number of hydrogen-bond acceptors (Lipinski definition) is 4. The van der Waals surface area contributed by atoms with Gasteiger partial charge in [-0.15, -0.1) is 0 Å². The molecule has 0 heterocycles. The van der Waals surface area contributed by atoms with E-state index in [1.165, 1.54) is 12.1 Å². The second-order valence-electron chi connectivity index (χ2n) is 4.50. The van der Waals surface area contributed by atoms with Gasteiger partial charge in [-0.3, -0.25) is 19.7 Å². The number of carboxylic acid groups (broad SMARTS) is 1. The van der Waals surface area contributed by atoms with Crippen molar-refractivity contribution in [1.29, 1.82) is 0 Å². The lowest BCUT2D eigenvalue weighted by Crippen LogP contribution is -2.42. The van der Waals surface area contributed by atoms with E-state index in [4.69, 9.17) is 16.7 Å². The smallest absolute Gasteiger partial charge is 0.323 e. The third kappa shape index (κ3) is 4.16. The number of amides is 1. The molecule has 21 heavy (non-hydrogen) atoms. The molecule has 1 atom stereocenters. The highest BCUT2D eigenvalue weighted by atomic mass is 35.5. The molecule has 0 radical (unpaired) electrons. The lowest BCUT2D eigenvalue weighted by Gasteiger charge is -2.26. The molecule has 1 N–H and O–H groups in total. The molecule has 1 aromatic rings. The number of carbonyl (C=O) groups excluding carboxylic acids is 1. The van der Waals surface area contributed by atoms with Crippen molar-refractivity contribution in [3.05, 3.63) is 38.9 Å². The number of halogens is 1. The fourth-order valence-corrected chi connectivity index (χ4v) is 1.96. The Morgan fingerprint density at radius 2 is 2.10 bits per heavy atom. The normalized spacial score (nSPS) is 11.8. The molecule has 1 aromatic carbocycles. The van der Waals surface area contributed by atoms with Gasteiger partial charge in [0.1, 0.15) is 12.1 Å². The number of nitro benzene ring substituents is 1. The average Bonchev–Trinajstić information content (AvgIpc) is 2.42. The van der Waals surface area contributed by atoms with Crippen molar-refractivity contribution in [2.75, 3.05) is 6.54 Å². The quantitative estimate of drug-likeness (QED) is 0.642. The first-order valence-corrected chi connectivity index (χ1v) is 6.62. The molecule has 0 aliphatic rings. The van der Waals surface area contributed by atoms with Crippen molar-refractivity contribution in [2.24, 2.45) is 0 Å². The zero-order valence-electron chi connectivity index (χ0n) is 11.6. The third-order valence-corrected chi connectivity index (χ3v) is 3.31. The van der Waals surface area contributed by atoms with Crippen LogP contribution in [0.3, 0.4) is 0 Å². The van der Waals surface area contributed by atoms with E-state index in [1.807, 2.05) is 0 Å². The maximum Gasteiger partial charge on any atom is 0.323 e. The first-order valence-electron chi connectivity index (χ1n) is 6.24. The van der Waals surface area contributed by atoms with Crippen LogP contribution < -0.4 is 0 Å². The van der Waals surface area contributed by atoms with E-state index in [-0.39, 0.29) is 16.6 Å². The van der Waals surface area contributed by atoms with E-state index in [2.05, 4.69) is 0 Å². The van der Waals surface area contributed by atoms with Crippen LogP contribution in [0.1, 0.15) is 30.6 Å². The molecule has 0 aliphatic carbocycles. The van der Waals surface area contributed by atoms with Crippen molar-refractivity contribution < 1.29 is 19.6 Å². The van der Waals surface area contributed by atoms with Crippen molar-refractivity contribution in [2.45, 2.75) is 26.3 Å². The Morgan fingerprint density at radius 1 is 1.48 bits per heavy atom. The number of carboxylic acids is 1. The standard InChI is InChI=1S/C13H15ClN2O5/c1-3-8(2)15(7-12(17)18)13(19)10-6-9(14)4-5-11(10)16(20)21/h4-6,8H,3,7H2,1-2H3,(H,17,18). The zero-order valence-corrected chi connectivity index (χ0v) is 12.3. The van der Waals surface area contributed by atoms with Crippen LogP contribution >= 0.6 is 11.6 Å². The number of benzene rings is 1. The van der Waals surface area contributed by atoms with Crippen LogP contribution in [0.25, 0.3) is 0 Å². The fourth-order valence-electron chi connectivity index (χ4n) is 1.79. The van der Waals surface area contributed by atoms with Crippen molar-refractivity contribution in [1.82, 2.24) is 4.90 Å². The van der Waals surface area contributed by atoms with Gasteiger partial charge < -0.3 is 10.0 Å². The maximum atomic E-state index is 12.5. The number of rotatable bonds is 6. The molecule has 0 saturated carbocycles. The number of aliphatic carboxylic acids is 1. The Hall–Kier alpha value is -2.15. The summed E-state index contributed by atoms with van der Waals surface area (Å²) in [6.45, 7) is 2.94. The highest BCUT2D eigenvalue weighted by Gasteiger charge is 2.28. The average molecular weight is 315 g/mol. The minimum atomic E-state index is -1.19. The minimum Gasteiger partial charge on any atom is -0.480 e. The highest BCUT2D eigenvalue weighted by Crippen LogP contribution is 2.25. The topological polar surface area (TPSA) is 101 Å². The molecular formula is C13H15ClN2O5. The summed E-state index contributed by atoms with van der Waals surface area (Å²) in [5.41, 5.74) is -0.614. The molecular weight excluding hydrogens is 300 g/mol. The van der Waals surface area contributed by atoms with Gasteiger partial charge in [0.15, 0.2) is 0 Å². The van der Waals surface area contributed by atoms with Crippen LogP contribution in [0, 0.1) is 10.1 Å². The molecule has 0 saturated heterocycles. The number of nitrogens with zero attached hydrogens (tertiary/aromatic N) is 2. The Labute approximate surface area is 126 Å². The van der Waals surface area contributed by atoms with E-state index in [1.54, 1.807) is 13.8 Å². The molecule has 8 heteroatoms. The minimum absolute atomic E-state index is 0.170. The molecule has 1 unspecified atom stereocenters. The van der Waals surface area contributed by atoms with E-state index in [9.17, 15) is 19.7 Å². The maximum absolute atomic E-state index is 12.5. The lowest BCUT2D eigenvalue weighted by molar-refractivity contribution is -0.385. The van der Waals surface area contributed by atoms with Crippen LogP contribution in [0.15, 0.2) is 18.2 Å². The summed E-state index contributed by atoms with van der Waals surface area (Å²) < 4.78 is 0. The molecule has 1 rings (SSSR count).